The molecule has 3 N–H and O–H groups in total. The van der Waals surface area contributed by atoms with E-state index in [-0.39, 0.29) is 0 Å². The van der Waals surface area contributed by atoms with Gasteiger partial charge >= 0.3 is 0 Å². The molecule has 0 aliphatic carbocycles. The van der Waals surface area contributed by atoms with Gasteiger partial charge < -0.3 is 20.5 Å². The number of nitrogens with zero attached hydrogens (tertiary/aromatic N) is 1. The Morgan fingerprint density at radius 1 is 1.25 bits per heavy atom. The summed E-state index contributed by atoms with van der Waals surface area (Å²) in [5, 5.41) is 12.0. The maximum Gasteiger partial charge on any atom is 0.0700 e. The first kappa shape index (κ1) is 16.3. The molecule has 5 nitrogen and oxygen atoms in total. The molecule has 0 radical (unpaired) electrons. The molecule has 20 heavy (non-hydrogen) atoms. The van der Waals surface area contributed by atoms with Crippen LogP contribution in [0, 0.1) is 11.3 Å². The maximum atomic E-state index is 8.72. The Bertz CT molecular complexity index is 430. The topological polar surface area (TPSA) is 80.3 Å². The van der Waals surface area contributed by atoms with Gasteiger partial charge in [0.1, 0.15) is 0 Å². The predicted octanol–water partition coefficient (Wildman–Crippen LogP) is 2.19. The smallest absolute Gasteiger partial charge is 0.0700 e. The molecule has 0 saturated heterocycles. The molecule has 1 rings (SSSR count). The van der Waals surface area contributed by atoms with Crippen molar-refractivity contribution in [3.8, 4) is 6.07 Å². The van der Waals surface area contributed by atoms with Crippen LogP contribution in [0.5, 0.6) is 0 Å². The second-order valence-corrected chi connectivity index (χ2v) is 4.49. The van der Waals surface area contributed by atoms with Crippen LogP contribution in [-0.4, -0.2) is 33.5 Å². The SMILES string of the molecule is COCCOCCCCNc1ccc(N)c(CC#N)c1. The highest BCUT2D eigenvalue weighted by Gasteiger charge is 2.00. The molecule has 0 saturated carbocycles. The van der Waals surface area contributed by atoms with Crippen LogP contribution in [0.25, 0.3) is 0 Å². The summed E-state index contributed by atoms with van der Waals surface area (Å²) < 4.78 is 10.3. The number of benzene rings is 1. The number of anilines is 2. The summed E-state index contributed by atoms with van der Waals surface area (Å²) in [6.07, 6.45) is 2.39. The van der Waals surface area contributed by atoms with Crippen molar-refractivity contribution < 1.29 is 9.47 Å². The van der Waals surface area contributed by atoms with E-state index < -0.39 is 0 Å². The molecular formula is C15H23N3O2. The average molecular weight is 277 g/mol. The van der Waals surface area contributed by atoms with Gasteiger partial charge in [-0.3, -0.25) is 0 Å². The molecule has 0 aromatic heterocycles. The van der Waals surface area contributed by atoms with Gasteiger partial charge in [0, 0.05) is 31.6 Å². The fraction of sp³-hybridized carbons (Fsp3) is 0.533. The van der Waals surface area contributed by atoms with E-state index in [1.54, 1.807) is 7.11 Å². The zero-order valence-corrected chi connectivity index (χ0v) is 12.0. The van der Waals surface area contributed by atoms with Crippen LogP contribution in [-0.2, 0) is 15.9 Å². The standard InChI is InChI=1S/C15H23N3O2/c1-19-10-11-20-9-3-2-8-18-14-4-5-15(17)13(12-14)6-7-16/h4-5,12,18H,2-3,6,8-11,17H2,1H3. The zero-order valence-electron chi connectivity index (χ0n) is 12.0. The van der Waals surface area contributed by atoms with Gasteiger partial charge in [-0.05, 0) is 36.6 Å². The van der Waals surface area contributed by atoms with Crippen LogP contribution in [0.4, 0.5) is 11.4 Å². The number of nitrogens with one attached hydrogen (secondary N) is 1. The molecule has 0 fully saturated rings. The lowest BCUT2D eigenvalue weighted by Crippen LogP contribution is -2.06. The van der Waals surface area contributed by atoms with E-state index in [0.29, 0.717) is 25.3 Å². The Morgan fingerprint density at radius 3 is 2.85 bits per heavy atom. The van der Waals surface area contributed by atoms with Gasteiger partial charge in [-0.1, -0.05) is 0 Å². The molecular weight excluding hydrogens is 254 g/mol. The number of hydrogen-bond donors (Lipinski definition) is 2. The van der Waals surface area contributed by atoms with Crippen LogP contribution in [0.3, 0.4) is 0 Å². The summed E-state index contributed by atoms with van der Waals surface area (Å²) in [5.74, 6) is 0. The molecule has 0 spiro atoms. The highest BCUT2D eigenvalue weighted by atomic mass is 16.5. The zero-order chi connectivity index (χ0) is 14.6. The molecule has 0 heterocycles. The molecule has 110 valence electrons. The van der Waals surface area contributed by atoms with E-state index in [9.17, 15) is 0 Å². The number of unbranched alkanes of at least 4 members (excludes halogenated alkanes) is 1. The molecule has 0 aliphatic rings. The van der Waals surface area contributed by atoms with Crippen molar-refractivity contribution in [1.82, 2.24) is 0 Å². The first-order valence-corrected chi connectivity index (χ1v) is 6.84. The minimum Gasteiger partial charge on any atom is -0.398 e. The van der Waals surface area contributed by atoms with E-state index in [0.717, 1.165) is 37.2 Å². The van der Waals surface area contributed by atoms with Crippen molar-refractivity contribution >= 4 is 11.4 Å². The van der Waals surface area contributed by atoms with Crippen LogP contribution in [0.2, 0.25) is 0 Å². The second-order valence-electron chi connectivity index (χ2n) is 4.49. The highest BCUT2D eigenvalue weighted by Crippen LogP contribution is 2.18. The monoisotopic (exact) mass is 277 g/mol. The largest absolute Gasteiger partial charge is 0.398 e. The van der Waals surface area contributed by atoms with E-state index >= 15 is 0 Å². The second kappa shape index (κ2) is 10.1. The number of hydrogen-bond acceptors (Lipinski definition) is 5. The number of ether oxygens (including phenoxy) is 2. The third-order valence-electron chi connectivity index (χ3n) is 2.89. The summed E-state index contributed by atoms with van der Waals surface area (Å²) in [5.41, 5.74) is 8.35. The molecule has 0 atom stereocenters. The van der Waals surface area contributed by atoms with Gasteiger partial charge in [0.25, 0.3) is 0 Å². The molecule has 1 aromatic carbocycles. The van der Waals surface area contributed by atoms with E-state index in [1.165, 1.54) is 0 Å². The van der Waals surface area contributed by atoms with Crippen molar-refractivity contribution in [3.63, 3.8) is 0 Å². The predicted molar refractivity (Wildman–Crippen MR) is 80.6 cm³/mol. The Morgan fingerprint density at radius 2 is 2.10 bits per heavy atom. The fourth-order valence-electron chi connectivity index (χ4n) is 1.76. The lowest BCUT2D eigenvalue weighted by molar-refractivity contribution is 0.0691. The number of nitrogens with two attached hydrogens (primary N) is 1. The molecule has 0 unspecified atom stereocenters. The van der Waals surface area contributed by atoms with E-state index in [4.69, 9.17) is 20.5 Å². The van der Waals surface area contributed by atoms with Crippen molar-refractivity contribution in [3.05, 3.63) is 23.8 Å². The summed E-state index contributed by atoms with van der Waals surface area (Å²) in [6, 6.07) is 7.83. The van der Waals surface area contributed by atoms with Gasteiger partial charge in [-0.15, -0.1) is 0 Å². The maximum absolute atomic E-state index is 8.72. The highest BCUT2D eigenvalue weighted by molar-refractivity contribution is 5.57. The quantitative estimate of drug-likeness (QED) is 0.506. The minimum absolute atomic E-state index is 0.342. The van der Waals surface area contributed by atoms with Crippen LogP contribution in [0.1, 0.15) is 18.4 Å². The van der Waals surface area contributed by atoms with Gasteiger partial charge in [-0.2, -0.15) is 5.26 Å². The fourth-order valence-corrected chi connectivity index (χ4v) is 1.76. The Labute approximate surface area is 120 Å². The first-order valence-electron chi connectivity index (χ1n) is 6.84. The van der Waals surface area contributed by atoms with Gasteiger partial charge in [-0.25, -0.2) is 0 Å². The van der Waals surface area contributed by atoms with Gasteiger partial charge in [0.15, 0.2) is 0 Å². The summed E-state index contributed by atoms with van der Waals surface area (Å²) in [4.78, 5) is 0. The van der Waals surface area contributed by atoms with Crippen molar-refractivity contribution in [1.29, 1.82) is 5.26 Å². The molecule has 1 aromatic rings. The normalized spacial score (nSPS) is 10.2. The summed E-state index contributed by atoms with van der Waals surface area (Å²) >= 11 is 0. The summed E-state index contributed by atoms with van der Waals surface area (Å²) in [6.45, 7) is 2.93. The Hall–Kier alpha value is -1.77. The molecule has 0 aliphatic heterocycles. The van der Waals surface area contributed by atoms with Crippen molar-refractivity contribution in [2.75, 3.05) is 44.5 Å². The van der Waals surface area contributed by atoms with Crippen molar-refractivity contribution in [2.24, 2.45) is 0 Å². The lowest BCUT2D eigenvalue weighted by atomic mass is 10.1. The van der Waals surface area contributed by atoms with E-state index in [2.05, 4.69) is 11.4 Å². The Balaban J connectivity index is 2.19. The van der Waals surface area contributed by atoms with Crippen LogP contribution in [0.15, 0.2) is 18.2 Å². The van der Waals surface area contributed by atoms with Gasteiger partial charge in [0.2, 0.25) is 0 Å². The van der Waals surface area contributed by atoms with Crippen molar-refractivity contribution in [2.45, 2.75) is 19.3 Å². The molecule has 0 bridgehead atoms. The number of nitriles is 1. The number of nitrogen functional groups attached to an aromatic ring is 1. The summed E-state index contributed by atoms with van der Waals surface area (Å²) in [7, 11) is 1.67. The van der Waals surface area contributed by atoms with E-state index in [1.807, 2.05) is 18.2 Å². The van der Waals surface area contributed by atoms with Crippen LogP contribution >= 0.6 is 0 Å². The molecule has 5 heteroatoms. The number of rotatable bonds is 10. The van der Waals surface area contributed by atoms with Crippen LogP contribution < -0.4 is 11.1 Å². The van der Waals surface area contributed by atoms with Gasteiger partial charge in [0.05, 0.1) is 25.7 Å². The first-order chi connectivity index (χ1) is 9.77. The minimum atomic E-state index is 0.342. The number of methoxy groups -OCH3 is 1. The third kappa shape index (κ3) is 6.41. The third-order valence-corrected chi connectivity index (χ3v) is 2.89. The Kier molecular flexibility index (Phi) is 8.20. The lowest BCUT2D eigenvalue weighted by Gasteiger charge is -2.09. The average Bonchev–Trinajstić information content (AvgIpc) is 2.45. The molecule has 0 amide bonds.